The standard InChI is InChI=1S/C30H40F3GeN5O4S/c1-20-17-29(4,5)38(18-20)26-21(27(40)37-44(41,42)23-12-10-9-11-22(23)34(6,7)8)13-14-24(35-26)39-16-15-25(36-39)43-19-28(2,3)30(31,32)33/h9-16,20H,17-19H2,1-8H3,(H,37,40)/t20-/m0/s1. The van der Waals surface area contributed by atoms with Gasteiger partial charge in [-0.3, -0.25) is 0 Å². The van der Waals surface area contributed by atoms with Gasteiger partial charge >= 0.3 is 216 Å². The number of aromatic nitrogens is 3. The van der Waals surface area contributed by atoms with E-state index in [1.165, 1.54) is 35.1 Å². The molecule has 14 heteroatoms. The number of sulfonamides is 1. The van der Waals surface area contributed by atoms with Gasteiger partial charge in [-0.2, -0.15) is 13.2 Å². The number of rotatable bonds is 9. The second kappa shape index (κ2) is 11.7. The van der Waals surface area contributed by atoms with Gasteiger partial charge in [-0.15, -0.1) is 0 Å². The van der Waals surface area contributed by atoms with Crippen LogP contribution >= 0.6 is 0 Å². The van der Waals surface area contributed by atoms with Gasteiger partial charge in [0.25, 0.3) is 0 Å². The molecular weight excluding hydrogens is 656 g/mol. The van der Waals surface area contributed by atoms with E-state index in [0.717, 1.165) is 24.7 Å². The predicted octanol–water partition coefficient (Wildman–Crippen LogP) is 5.52. The van der Waals surface area contributed by atoms with E-state index >= 15 is 0 Å². The molecule has 1 fully saturated rings. The van der Waals surface area contributed by atoms with Crippen LogP contribution < -0.4 is 18.8 Å². The molecule has 1 aliphatic rings. The van der Waals surface area contributed by atoms with E-state index in [1.54, 1.807) is 18.2 Å². The van der Waals surface area contributed by atoms with E-state index in [1.807, 2.05) is 18.7 Å². The second-order valence-electron chi connectivity index (χ2n) is 13.7. The maximum atomic E-state index is 13.7. The molecule has 0 saturated carbocycles. The monoisotopic (exact) mass is 697 g/mol. The van der Waals surface area contributed by atoms with Crippen molar-refractivity contribution >= 4 is 39.4 Å². The first-order valence-electron chi connectivity index (χ1n) is 14.3. The Kier molecular flexibility index (Phi) is 8.99. The van der Waals surface area contributed by atoms with Crippen molar-refractivity contribution in [1.82, 2.24) is 19.5 Å². The van der Waals surface area contributed by atoms with Crippen molar-refractivity contribution in [1.29, 1.82) is 0 Å². The Balaban J connectivity index is 1.70. The number of pyridine rings is 1. The molecule has 2 aromatic heterocycles. The molecular formula is C30H40F3GeN5O4S. The molecule has 0 spiro atoms. The van der Waals surface area contributed by atoms with Crippen LogP contribution in [0.3, 0.4) is 0 Å². The Morgan fingerprint density at radius 1 is 1.11 bits per heavy atom. The average molecular weight is 696 g/mol. The van der Waals surface area contributed by atoms with Gasteiger partial charge in [0.1, 0.15) is 6.61 Å². The average Bonchev–Trinajstić information content (AvgIpc) is 3.48. The summed E-state index contributed by atoms with van der Waals surface area (Å²) >= 11 is -2.63. The summed E-state index contributed by atoms with van der Waals surface area (Å²) in [6, 6.07) is 11.2. The van der Waals surface area contributed by atoms with Crippen molar-refractivity contribution < 1.29 is 31.1 Å². The number of anilines is 1. The van der Waals surface area contributed by atoms with Crippen LogP contribution in [0.1, 0.15) is 51.4 Å². The summed E-state index contributed by atoms with van der Waals surface area (Å²) < 4.78 is 76.6. The molecule has 0 unspecified atom stereocenters. The first-order chi connectivity index (χ1) is 20.1. The zero-order valence-corrected chi connectivity index (χ0v) is 29.2. The maximum absolute atomic E-state index is 13.7. The molecule has 3 heterocycles. The van der Waals surface area contributed by atoms with Gasteiger partial charge in [0.05, 0.1) is 5.41 Å². The Labute approximate surface area is 259 Å². The molecule has 0 radical (unpaired) electrons. The molecule has 4 rings (SSSR count). The van der Waals surface area contributed by atoms with Crippen LogP contribution in [0.4, 0.5) is 19.0 Å². The third-order valence-corrected chi connectivity index (χ3v) is 13.9. The Morgan fingerprint density at radius 3 is 2.36 bits per heavy atom. The number of alkyl halides is 3. The van der Waals surface area contributed by atoms with Crippen LogP contribution in [0.5, 0.6) is 5.88 Å². The SMILES string of the molecule is C[C@@H]1CN(c2nc(-n3ccc(OCC(C)(C)C(F)(F)F)n3)ccc2C(=O)NS(=O)(=O)c2cccc[c]2[Ge]([CH3])([CH3])[CH3])C(C)(C)C1. The number of nitrogens with zero attached hydrogens (tertiary/aromatic N) is 4. The van der Waals surface area contributed by atoms with Crippen molar-refractivity contribution in [2.24, 2.45) is 11.3 Å². The molecule has 0 bridgehead atoms. The van der Waals surface area contributed by atoms with Gasteiger partial charge in [-0.05, 0) is 13.8 Å². The number of carbonyl (C=O) groups is 1. The summed E-state index contributed by atoms with van der Waals surface area (Å²) in [6.07, 6.45) is -2.14. The van der Waals surface area contributed by atoms with Crippen molar-refractivity contribution in [3.63, 3.8) is 0 Å². The number of amides is 1. The third-order valence-electron chi connectivity index (χ3n) is 7.79. The zero-order chi connectivity index (χ0) is 32.9. The summed E-state index contributed by atoms with van der Waals surface area (Å²) in [5, 5.41) is 4.25. The summed E-state index contributed by atoms with van der Waals surface area (Å²) in [7, 11) is -4.20. The molecule has 1 N–H and O–H groups in total. The Morgan fingerprint density at radius 2 is 1.77 bits per heavy atom. The molecule has 44 heavy (non-hydrogen) atoms. The van der Waals surface area contributed by atoms with Crippen molar-refractivity contribution in [2.75, 3.05) is 18.1 Å². The Bertz CT molecular complexity index is 1650. The van der Waals surface area contributed by atoms with Crippen LogP contribution in [-0.2, 0) is 10.0 Å². The summed E-state index contributed by atoms with van der Waals surface area (Å²) in [5.74, 6) is 6.25. The molecule has 1 aliphatic heterocycles. The fraction of sp³-hybridized carbons (Fsp3) is 0.500. The van der Waals surface area contributed by atoms with Gasteiger partial charge in [0, 0.05) is 0 Å². The number of nitrogens with one attached hydrogen (secondary N) is 1. The molecule has 9 nitrogen and oxygen atoms in total. The van der Waals surface area contributed by atoms with Crippen LogP contribution in [0.2, 0.25) is 17.3 Å². The number of benzene rings is 1. The third kappa shape index (κ3) is 7.08. The summed E-state index contributed by atoms with van der Waals surface area (Å²) in [4.78, 5) is 20.5. The molecule has 1 atom stereocenters. The van der Waals surface area contributed by atoms with Gasteiger partial charge in [-0.25, -0.2) is 0 Å². The van der Waals surface area contributed by atoms with Crippen molar-refractivity contribution in [3.8, 4) is 11.7 Å². The Hall–Kier alpha value is -3.07. The van der Waals surface area contributed by atoms with E-state index in [4.69, 9.17) is 9.72 Å². The number of halogens is 3. The quantitative estimate of drug-likeness (QED) is 0.294. The van der Waals surface area contributed by atoms with Crippen LogP contribution in [0.15, 0.2) is 53.6 Å². The second-order valence-corrected chi connectivity index (χ2v) is 25.9. The molecule has 1 aromatic carbocycles. The zero-order valence-electron chi connectivity index (χ0n) is 26.3. The molecule has 1 saturated heterocycles. The fourth-order valence-electron chi connectivity index (χ4n) is 5.31. The van der Waals surface area contributed by atoms with Gasteiger partial charge < -0.3 is 4.74 Å². The molecule has 3 aromatic rings. The van der Waals surface area contributed by atoms with Crippen LogP contribution in [0, 0.1) is 11.3 Å². The number of hydrogen-bond acceptors (Lipinski definition) is 7. The molecule has 1 amide bonds. The molecule has 240 valence electrons. The first-order valence-corrected chi connectivity index (χ1v) is 23.2. The summed E-state index contributed by atoms with van der Waals surface area (Å²) in [5.41, 5.74) is -2.40. The number of carbonyl (C=O) groups excluding carboxylic acids is 1. The summed E-state index contributed by atoms with van der Waals surface area (Å²) in [6.45, 7) is 8.19. The van der Waals surface area contributed by atoms with E-state index in [2.05, 4.69) is 34.0 Å². The van der Waals surface area contributed by atoms with Gasteiger partial charge in [0.2, 0.25) is 0 Å². The van der Waals surface area contributed by atoms with Gasteiger partial charge in [0.15, 0.2) is 0 Å². The minimum atomic E-state index is -4.45. The van der Waals surface area contributed by atoms with E-state index < -0.39 is 52.9 Å². The van der Waals surface area contributed by atoms with Crippen LogP contribution in [-0.4, -0.2) is 67.2 Å². The molecule has 0 aliphatic carbocycles. The number of ether oxygens (including phenoxy) is 1. The van der Waals surface area contributed by atoms with E-state index in [9.17, 15) is 26.4 Å². The predicted molar refractivity (Wildman–Crippen MR) is 166 cm³/mol. The van der Waals surface area contributed by atoms with E-state index in [0.29, 0.717) is 6.54 Å². The van der Waals surface area contributed by atoms with Crippen molar-refractivity contribution in [3.05, 3.63) is 54.2 Å². The minimum absolute atomic E-state index is 0.0176. The van der Waals surface area contributed by atoms with Crippen molar-refractivity contribution in [2.45, 2.75) is 74.9 Å². The first kappa shape index (κ1) is 33.8. The number of hydrogen-bond donors (Lipinski definition) is 1. The fourth-order valence-corrected chi connectivity index (χ4v) is 11.8. The van der Waals surface area contributed by atoms with Gasteiger partial charge in [-0.1, -0.05) is 0 Å². The topological polar surface area (TPSA) is 106 Å². The van der Waals surface area contributed by atoms with E-state index in [-0.39, 0.29) is 33.9 Å². The van der Waals surface area contributed by atoms with Crippen LogP contribution in [0.25, 0.3) is 5.82 Å². The normalized spacial score (nSPS) is 17.5.